The van der Waals surface area contributed by atoms with Crippen molar-refractivity contribution in [3.8, 4) is 12.1 Å². The maximum absolute atomic E-state index is 11.4. The Labute approximate surface area is 91.0 Å². The van der Waals surface area contributed by atoms with E-state index >= 15 is 0 Å². The van der Waals surface area contributed by atoms with Crippen LogP contribution in [-0.2, 0) is 4.79 Å². The van der Waals surface area contributed by atoms with E-state index in [0.717, 1.165) is 12.8 Å². The van der Waals surface area contributed by atoms with Gasteiger partial charge in [-0.1, -0.05) is 6.58 Å². The Hall–Kier alpha value is -1.61. The van der Waals surface area contributed by atoms with E-state index in [-0.39, 0.29) is 5.78 Å². The first-order chi connectivity index (χ1) is 7.22. The summed E-state index contributed by atoms with van der Waals surface area (Å²) in [4.78, 5) is 11.4. The highest BCUT2D eigenvalue weighted by atomic mass is 16.1. The Morgan fingerprint density at radius 2 is 1.60 bits per heavy atom. The van der Waals surface area contributed by atoms with Gasteiger partial charge < -0.3 is 0 Å². The highest BCUT2D eigenvalue weighted by Gasteiger charge is 2.06. The van der Waals surface area contributed by atoms with Crippen molar-refractivity contribution in [3.63, 3.8) is 0 Å². The van der Waals surface area contributed by atoms with Crippen LogP contribution in [0.15, 0.2) is 12.2 Å². The van der Waals surface area contributed by atoms with E-state index in [0.29, 0.717) is 37.7 Å². The smallest absolute Gasteiger partial charge is 0.158 e. The highest BCUT2D eigenvalue weighted by Crippen LogP contribution is 2.10. The number of carbonyl (C=O) groups excluding carboxylic acids is 1. The van der Waals surface area contributed by atoms with Crippen molar-refractivity contribution in [3.05, 3.63) is 12.2 Å². The normalized spacial score (nSPS) is 8.93. The van der Waals surface area contributed by atoms with Crippen molar-refractivity contribution in [2.75, 3.05) is 0 Å². The number of rotatable bonds is 8. The molecule has 0 N–H and O–H groups in total. The largest absolute Gasteiger partial charge is 0.295 e. The van der Waals surface area contributed by atoms with Crippen LogP contribution < -0.4 is 0 Å². The Kier molecular flexibility index (Phi) is 8.00. The molecular formula is C12H16N2O. The van der Waals surface area contributed by atoms with Crippen LogP contribution >= 0.6 is 0 Å². The molecule has 15 heavy (non-hydrogen) atoms. The Morgan fingerprint density at radius 3 is 2.20 bits per heavy atom. The number of allylic oxidation sites excluding steroid dienone is 1. The van der Waals surface area contributed by atoms with Gasteiger partial charge in [-0.2, -0.15) is 10.5 Å². The van der Waals surface area contributed by atoms with Crippen molar-refractivity contribution in [2.45, 2.75) is 44.9 Å². The van der Waals surface area contributed by atoms with Gasteiger partial charge in [-0.3, -0.25) is 4.79 Å². The first kappa shape index (κ1) is 13.4. The molecule has 0 saturated heterocycles. The molecule has 0 radical (unpaired) electrons. The van der Waals surface area contributed by atoms with Crippen molar-refractivity contribution in [2.24, 2.45) is 0 Å². The lowest BCUT2D eigenvalue weighted by atomic mass is 10.0. The van der Waals surface area contributed by atoms with E-state index in [1.165, 1.54) is 0 Å². The minimum Gasteiger partial charge on any atom is -0.295 e. The predicted molar refractivity (Wildman–Crippen MR) is 57.7 cm³/mol. The predicted octanol–water partition coefficient (Wildman–Crippen LogP) is 2.89. The fourth-order valence-corrected chi connectivity index (χ4v) is 1.19. The molecule has 0 aliphatic rings. The van der Waals surface area contributed by atoms with Gasteiger partial charge in [0.05, 0.1) is 12.1 Å². The third kappa shape index (κ3) is 7.46. The maximum atomic E-state index is 11.4. The molecule has 0 bridgehead atoms. The number of nitriles is 2. The molecule has 0 aliphatic carbocycles. The molecule has 0 atom stereocenters. The molecule has 0 unspecified atom stereocenters. The van der Waals surface area contributed by atoms with Crippen molar-refractivity contribution < 1.29 is 4.79 Å². The number of hydrogen-bond donors (Lipinski definition) is 0. The van der Waals surface area contributed by atoms with Gasteiger partial charge in [0.1, 0.15) is 0 Å². The fraction of sp³-hybridized carbons (Fsp3) is 0.583. The minimum absolute atomic E-state index is 0.0749. The fourth-order valence-electron chi connectivity index (χ4n) is 1.19. The van der Waals surface area contributed by atoms with Crippen molar-refractivity contribution >= 4 is 5.78 Å². The second-order valence-corrected chi connectivity index (χ2v) is 3.40. The molecule has 0 amide bonds. The van der Waals surface area contributed by atoms with Crippen LogP contribution in [0.5, 0.6) is 0 Å². The summed E-state index contributed by atoms with van der Waals surface area (Å²) in [7, 11) is 0. The van der Waals surface area contributed by atoms with Gasteiger partial charge in [-0.25, -0.2) is 0 Å². The average Bonchev–Trinajstić information content (AvgIpc) is 2.24. The Balaban J connectivity index is 3.58. The van der Waals surface area contributed by atoms with Gasteiger partial charge in [0, 0.05) is 19.3 Å². The summed E-state index contributed by atoms with van der Waals surface area (Å²) in [5, 5.41) is 16.6. The number of carbonyl (C=O) groups is 1. The zero-order chi connectivity index (χ0) is 11.5. The molecule has 0 fully saturated rings. The van der Waals surface area contributed by atoms with Gasteiger partial charge in [0.2, 0.25) is 0 Å². The van der Waals surface area contributed by atoms with Crippen LogP contribution in [0.3, 0.4) is 0 Å². The summed E-state index contributed by atoms with van der Waals surface area (Å²) in [6.07, 6.45) is 4.31. The Morgan fingerprint density at radius 1 is 1.00 bits per heavy atom. The van der Waals surface area contributed by atoms with Gasteiger partial charge >= 0.3 is 0 Å². The molecule has 0 rings (SSSR count). The number of nitrogens with zero attached hydrogens (tertiary/aromatic N) is 2. The molecule has 3 nitrogen and oxygen atoms in total. The summed E-state index contributed by atoms with van der Waals surface area (Å²) < 4.78 is 0. The monoisotopic (exact) mass is 204 g/mol. The molecule has 0 spiro atoms. The van der Waals surface area contributed by atoms with Crippen LogP contribution in [0.4, 0.5) is 0 Å². The number of unbranched alkanes of at least 4 members (excludes halogenated alkanes) is 3. The summed E-state index contributed by atoms with van der Waals surface area (Å²) in [5.74, 6) is 0.0749. The number of ketones is 1. The standard InChI is InChI=1S/C12H16N2O/c1-11(7-4-6-10-14)12(15)8-3-2-5-9-13/h1-8H2. The molecule has 0 aromatic carbocycles. The van der Waals surface area contributed by atoms with E-state index in [2.05, 4.69) is 6.58 Å². The highest BCUT2D eigenvalue weighted by molar-refractivity contribution is 5.94. The number of Topliss-reactive ketones (excluding diaryl/α,β-unsaturated/α-hetero) is 1. The quantitative estimate of drug-likeness (QED) is 0.451. The van der Waals surface area contributed by atoms with E-state index in [4.69, 9.17) is 10.5 Å². The van der Waals surface area contributed by atoms with Crippen LogP contribution in [0, 0.1) is 22.7 Å². The lowest BCUT2D eigenvalue weighted by molar-refractivity contribution is -0.115. The summed E-state index contributed by atoms with van der Waals surface area (Å²) in [6.45, 7) is 3.70. The molecule has 80 valence electrons. The van der Waals surface area contributed by atoms with Crippen molar-refractivity contribution in [1.29, 1.82) is 10.5 Å². The molecule has 0 heterocycles. The first-order valence-electron chi connectivity index (χ1n) is 5.17. The zero-order valence-corrected chi connectivity index (χ0v) is 8.96. The molecule has 3 heteroatoms. The van der Waals surface area contributed by atoms with E-state index < -0.39 is 0 Å². The lowest BCUT2D eigenvalue weighted by Gasteiger charge is -2.02. The molecule has 0 saturated carbocycles. The van der Waals surface area contributed by atoms with Crippen LogP contribution in [0.1, 0.15) is 44.9 Å². The third-order valence-corrected chi connectivity index (χ3v) is 2.10. The first-order valence-corrected chi connectivity index (χ1v) is 5.17. The van der Waals surface area contributed by atoms with Gasteiger partial charge in [0.25, 0.3) is 0 Å². The van der Waals surface area contributed by atoms with Crippen LogP contribution in [-0.4, -0.2) is 5.78 Å². The molecule has 0 aromatic rings. The topological polar surface area (TPSA) is 64.7 Å². The Bertz CT molecular complexity index is 294. The minimum atomic E-state index is 0.0749. The van der Waals surface area contributed by atoms with Gasteiger partial charge in [-0.05, 0) is 31.3 Å². The molecule has 0 aliphatic heterocycles. The second-order valence-electron chi connectivity index (χ2n) is 3.40. The zero-order valence-electron chi connectivity index (χ0n) is 8.96. The summed E-state index contributed by atoms with van der Waals surface area (Å²) >= 11 is 0. The van der Waals surface area contributed by atoms with Gasteiger partial charge in [0.15, 0.2) is 5.78 Å². The van der Waals surface area contributed by atoms with Crippen molar-refractivity contribution in [1.82, 2.24) is 0 Å². The van der Waals surface area contributed by atoms with Gasteiger partial charge in [-0.15, -0.1) is 0 Å². The molecular weight excluding hydrogens is 188 g/mol. The maximum Gasteiger partial charge on any atom is 0.158 e. The SMILES string of the molecule is C=C(CCCC#N)C(=O)CCCCC#N. The molecule has 0 aromatic heterocycles. The van der Waals surface area contributed by atoms with Crippen LogP contribution in [0.25, 0.3) is 0 Å². The van der Waals surface area contributed by atoms with Crippen LogP contribution in [0.2, 0.25) is 0 Å². The third-order valence-electron chi connectivity index (χ3n) is 2.10. The number of hydrogen-bond acceptors (Lipinski definition) is 3. The van der Waals surface area contributed by atoms with E-state index in [1.807, 2.05) is 12.1 Å². The van der Waals surface area contributed by atoms with E-state index in [9.17, 15) is 4.79 Å². The van der Waals surface area contributed by atoms with E-state index in [1.54, 1.807) is 0 Å². The lowest BCUT2D eigenvalue weighted by Crippen LogP contribution is -2.01. The summed E-state index contributed by atoms with van der Waals surface area (Å²) in [5.41, 5.74) is 0.613. The second kappa shape index (κ2) is 8.97. The summed E-state index contributed by atoms with van der Waals surface area (Å²) in [6, 6.07) is 4.08. The average molecular weight is 204 g/mol.